The molecule has 0 aromatic heterocycles. The average molecular weight is 241 g/mol. The van der Waals surface area contributed by atoms with Gasteiger partial charge in [-0.15, -0.1) is 0 Å². The van der Waals surface area contributed by atoms with Crippen LogP contribution in [0.5, 0.6) is 0 Å². The molecule has 2 unspecified atom stereocenters. The minimum absolute atomic E-state index is 0.523. The molecule has 1 aliphatic heterocycles. The van der Waals surface area contributed by atoms with Crippen LogP contribution < -0.4 is 5.32 Å². The zero-order valence-electron chi connectivity index (χ0n) is 12.0. The van der Waals surface area contributed by atoms with Gasteiger partial charge in [0, 0.05) is 13.2 Å². The maximum Gasteiger partial charge on any atom is 0.0615 e. The Morgan fingerprint density at radius 3 is 2.82 bits per heavy atom. The SMILES string of the molecule is CCCCCC1OCCCC1CNCC(C)C. The molecule has 1 rings (SSSR count). The Hall–Kier alpha value is -0.0800. The van der Waals surface area contributed by atoms with E-state index in [9.17, 15) is 0 Å². The average Bonchev–Trinajstić information content (AvgIpc) is 2.31. The minimum atomic E-state index is 0.523. The zero-order chi connectivity index (χ0) is 12.5. The molecule has 102 valence electrons. The van der Waals surface area contributed by atoms with Crippen LogP contribution in [0.1, 0.15) is 59.3 Å². The third kappa shape index (κ3) is 6.42. The molecule has 0 saturated carbocycles. The second kappa shape index (κ2) is 8.93. The van der Waals surface area contributed by atoms with E-state index in [4.69, 9.17) is 4.74 Å². The van der Waals surface area contributed by atoms with Gasteiger partial charge in [-0.05, 0) is 37.6 Å². The van der Waals surface area contributed by atoms with Crippen molar-refractivity contribution in [3.05, 3.63) is 0 Å². The predicted molar refractivity (Wildman–Crippen MR) is 74.3 cm³/mol. The Bertz CT molecular complexity index is 182. The van der Waals surface area contributed by atoms with E-state index in [2.05, 4.69) is 26.1 Å². The highest BCUT2D eigenvalue weighted by Gasteiger charge is 2.24. The quantitative estimate of drug-likeness (QED) is 0.656. The van der Waals surface area contributed by atoms with E-state index in [0.29, 0.717) is 6.10 Å². The van der Waals surface area contributed by atoms with Gasteiger partial charge in [-0.1, -0.05) is 40.0 Å². The van der Waals surface area contributed by atoms with Gasteiger partial charge in [0.15, 0.2) is 0 Å². The molecule has 0 bridgehead atoms. The Balaban J connectivity index is 2.22. The van der Waals surface area contributed by atoms with Crippen molar-refractivity contribution in [2.24, 2.45) is 11.8 Å². The number of hydrogen-bond donors (Lipinski definition) is 1. The van der Waals surface area contributed by atoms with Gasteiger partial charge in [-0.3, -0.25) is 0 Å². The first kappa shape index (κ1) is 15.0. The number of nitrogens with one attached hydrogen (secondary N) is 1. The summed E-state index contributed by atoms with van der Waals surface area (Å²) in [6, 6.07) is 0. The van der Waals surface area contributed by atoms with Gasteiger partial charge < -0.3 is 10.1 Å². The highest BCUT2D eigenvalue weighted by Crippen LogP contribution is 2.24. The van der Waals surface area contributed by atoms with Crippen molar-refractivity contribution in [1.82, 2.24) is 5.32 Å². The maximum absolute atomic E-state index is 5.95. The molecular weight excluding hydrogens is 210 g/mol. The Labute approximate surface area is 108 Å². The highest BCUT2D eigenvalue weighted by atomic mass is 16.5. The summed E-state index contributed by atoms with van der Waals surface area (Å²) in [6.07, 6.45) is 8.38. The van der Waals surface area contributed by atoms with Crippen molar-refractivity contribution >= 4 is 0 Å². The summed E-state index contributed by atoms with van der Waals surface area (Å²) >= 11 is 0. The molecule has 2 nitrogen and oxygen atoms in total. The summed E-state index contributed by atoms with van der Waals surface area (Å²) < 4.78 is 5.95. The van der Waals surface area contributed by atoms with Crippen molar-refractivity contribution in [2.45, 2.75) is 65.4 Å². The smallest absolute Gasteiger partial charge is 0.0615 e. The second-order valence-corrected chi connectivity index (χ2v) is 5.86. The highest BCUT2D eigenvalue weighted by molar-refractivity contribution is 4.76. The molecule has 2 atom stereocenters. The Morgan fingerprint density at radius 1 is 1.29 bits per heavy atom. The molecule has 1 saturated heterocycles. The lowest BCUT2D eigenvalue weighted by Crippen LogP contribution is -2.37. The van der Waals surface area contributed by atoms with Crippen molar-refractivity contribution in [3.63, 3.8) is 0 Å². The van der Waals surface area contributed by atoms with E-state index >= 15 is 0 Å². The summed E-state index contributed by atoms with van der Waals surface area (Å²) in [5, 5.41) is 3.59. The minimum Gasteiger partial charge on any atom is -0.378 e. The number of rotatable bonds is 8. The van der Waals surface area contributed by atoms with E-state index in [1.807, 2.05) is 0 Å². The molecule has 0 spiro atoms. The molecular formula is C15H31NO. The lowest BCUT2D eigenvalue weighted by atomic mass is 9.90. The maximum atomic E-state index is 5.95. The van der Waals surface area contributed by atoms with Gasteiger partial charge in [0.25, 0.3) is 0 Å². The van der Waals surface area contributed by atoms with Crippen LogP contribution in [0.2, 0.25) is 0 Å². The first-order valence-electron chi connectivity index (χ1n) is 7.56. The van der Waals surface area contributed by atoms with Crippen LogP contribution in [0.25, 0.3) is 0 Å². The van der Waals surface area contributed by atoms with E-state index in [0.717, 1.165) is 31.5 Å². The number of unbranched alkanes of at least 4 members (excludes halogenated alkanes) is 2. The zero-order valence-corrected chi connectivity index (χ0v) is 12.0. The molecule has 17 heavy (non-hydrogen) atoms. The normalized spacial score (nSPS) is 25.4. The van der Waals surface area contributed by atoms with Crippen molar-refractivity contribution in [3.8, 4) is 0 Å². The van der Waals surface area contributed by atoms with Crippen LogP contribution >= 0.6 is 0 Å². The standard InChI is InChI=1S/C15H31NO/c1-4-5-6-9-15-14(8-7-10-17-15)12-16-11-13(2)3/h13-16H,4-12H2,1-3H3. The fourth-order valence-corrected chi connectivity index (χ4v) is 2.61. The van der Waals surface area contributed by atoms with Gasteiger partial charge in [0.05, 0.1) is 6.10 Å². The molecule has 1 aliphatic rings. The van der Waals surface area contributed by atoms with Gasteiger partial charge >= 0.3 is 0 Å². The molecule has 2 heteroatoms. The largest absolute Gasteiger partial charge is 0.378 e. The van der Waals surface area contributed by atoms with E-state index in [1.54, 1.807) is 0 Å². The summed E-state index contributed by atoms with van der Waals surface area (Å²) in [4.78, 5) is 0. The lowest BCUT2D eigenvalue weighted by Gasteiger charge is -2.32. The Kier molecular flexibility index (Phi) is 7.87. The van der Waals surface area contributed by atoms with E-state index in [-0.39, 0.29) is 0 Å². The molecule has 0 aromatic carbocycles. The molecule has 1 N–H and O–H groups in total. The van der Waals surface area contributed by atoms with Crippen LogP contribution in [-0.2, 0) is 4.74 Å². The molecule has 0 amide bonds. The van der Waals surface area contributed by atoms with Gasteiger partial charge in [-0.25, -0.2) is 0 Å². The summed E-state index contributed by atoms with van der Waals surface area (Å²) in [7, 11) is 0. The summed E-state index contributed by atoms with van der Waals surface area (Å²) in [6.45, 7) is 10.1. The van der Waals surface area contributed by atoms with Crippen LogP contribution in [0, 0.1) is 11.8 Å². The lowest BCUT2D eigenvalue weighted by molar-refractivity contribution is -0.0314. The first-order chi connectivity index (χ1) is 8.24. The summed E-state index contributed by atoms with van der Waals surface area (Å²) in [5.41, 5.74) is 0. The third-order valence-corrected chi connectivity index (χ3v) is 3.63. The van der Waals surface area contributed by atoms with Gasteiger partial charge in [0.1, 0.15) is 0 Å². The topological polar surface area (TPSA) is 21.3 Å². The monoisotopic (exact) mass is 241 g/mol. The van der Waals surface area contributed by atoms with E-state index < -0.39 is 0 Å². The predicted octanol–water partition coefficient (Wildman–Crippen LogP) is 3.61. The first-order valence-corrected chi connectivity index (χ1v) is 7.56. The fraction of sp³-hybridized carbons (Fsp3) is 1.00. The van der Waals surface area contributed by atoms with Gasteiger partial charge in [0.2, 0.25) is 0 Å². The second-order valence-electron chi connectivity index (χ2n) is 5.86. The third-order valence-electron chi connectivity index (χ3n) is 3.63. The fourth-order valence-electron chi connectivity index (χ4n) is 2.61. The van der Waals surface area contributed by atoms with Crippen molar-refractivity contribution in [1.29, 1.82) is 0 Å². The van der Waals surface area contributed by atoms with Crippen LogP contribution in [0.15, 0.2) is 0 Å². The van der Waals surface area contributed by atoms with Crippen LogP contribution in [0.4, 0.5) is 0 Å². The van der Waals surface area contributed by atoms with Crippen LogP contribution in [0.3, 0.4) is 0 Å². The molecule has 1 fully saturated rings. The van der Waals surface area contributed by atoms with Gasteiger partial charge in [-0.2, -0.15) is 0 Å². The number of ether oxygens (including phenoxy) is 1. The van der Waals surface area contributed by atoms with Crippen molar-refractivity contribution < 1.29 is 4.74 Å². The van der Waals surface area contributed by atoms with Crippen LogP contribution in [-0.4, -0.2) is 25.8 Å². The molecule has 1 heterocycles. The molecule has 0 radical (unpaired) electrons. The summed E-state index contributed by atoms with van der Waals surface area (Å²) in [5.74, 6) is 1.50. The van der Waals surface area contributed by atoms with E-state index in [1.165, 1.54) is 38.5 Å². The van der Waals surface area contributed by atoms with Crippen molar-refractivity contribution in [2.75, 3.05) is 19.7 Å². The molecule has 0 aromatic rings. The Morgan fingerprint density at radius 2 is 2.12 bits per heavy atom. The molecule has 0 aliphatic carbocycles. The number of hydrogen-bond acceptors (Lipinski definition) is 2.